The smallest absolute Gasteiger partial charge is 0.254 e. The molecule has 3 amide bonds. The Kier molecular flexibility index (Phi) is 8.37. The summed E-state index contributed by atoms with van der Waals surface area (Å²) in [4.78, 5) is 47.2. The van der Waals surface area contributed by atoms with Crippen molar-refractivity contribution in [3.63, 3.8) is 0 Å². The zero-order valence-corrected chi connectivity index (χ0v) is 13.2. The monoisotopic (exact) mass is 306 g/mol. The van der Waals surface area contributed by atoms with Gasteiger partial charge in [0.1, 0.15) is 6.04 Å². The van der Waals surface area contributed by atoms with Crippen LogP contribution in [0.25, 0.3) is 0 Å². The minimum atomic E-state index is -0.743. The van der Waals surface area contributed by atoms with E-state index in [2.05, 4.69) is 18.5 Å². The lowest BCUT2D eigenvalue weighted by atomic mass is 10.0. The van der Waals surface area contributed by atoms with Gasteiger partial charge in [0.05, 0.1) is 0 Å². The van der Waals surface area contributed by atoms with Gasteiger partial charge in [-0.25, -0.2) is 0 Å². The summed E-state index contributed by atoms with van der Waals surface area (Å²) in [7, 11) is 1.44. The van der Waals surface area contributed by atoms with Crippen LogP contribution >= 0.6 is 0 Å². The lowest BCUT2D eigenvalue weighted by Crippen LogP contribution is -2.53. The average Bonchev–Trinajstić information content (AvgIpc) is 2.53. The quantitative estimate of drug-likeness (QED) is 0.357. The molecule has 0 spiro atoms. The van der Waals surface area contributed by atoms with Crippen LogP contribution < -0.4 is 5.32 Å². The molecule has 0 aromatic heterocycles. The second-order valence-corrected chi connectivity index (χ2v) is 4.28. The molecule has 6 nitrogen and oxygen atoms in total. The number of rotatable bonds is 5. The Morgan fingerprint density at radius 1 is 1.27 bits per heavy atom. The van der Waals surface area contributed by atoms with E-state index in [9.17, 15) is 19.2 Å². The van der Waals surface area contributed by atoms with E-state index in [1.807, 2.05) is 13.8 Å². The molecule has 0 bridgehead atoms. The SMILES string of the molecule is C=C/C(C=O)=C(\C=C)C(=O)N(C)C1CCC(=O)NC1=O.CC. The summed E-state index contributed by atoms with van der Waals surface area (Å²) in [6.45, 7) is 10.9. The molecule has 1 N–H and O–H groups in total. The fourth-order valence-electron chi connectivity index (χ4n) is 1.93. The topological polar surface area (TPSA) is 83.6 Å². The maximum Gasteiger partial charge on any atom is 0.254 e. The molecule has 22 heavy (non-hydrogen) atoms. The van der Waals surface area contributed by atoms with Crippen LogP contribution in [-0.4, -0.2) is 42.0 Å². The fourth-order valence-corrected chi connectivity index (χ4v) is 1.93. The van der Waals surface area contributed by atoms with Crippen LogP contribution in [0.4, 0.5) is 0 Å². The van der Waals surface area contributed by atoms with Gasteiger partial charge < -0.3 is 4.90 Å². The van der Waals surface area contributed by atoms with Gasteiger partial charge in [0.2, 0.25) is 11.8 Å². The van der Waals surface area contributed by atoms with Crippen molar-refractivity contribution < 1.29 is 19.2 Å². The highest BCUT2D eigenvalue weighted by molar-refractivity contribution is 6.06. The zero-order valence-electron chi connectivity index (χ0n) is 13.2. The number of likely N-dealkylation sites (N-methyl/N-ethyl adjacent to an activating group) is 1. The first-order valence-corrected chi connectivity index (χ1v) is 7.01. The Bertz CT molecular complexity index is 510. The van der Waals surface area contributed by atoms with E-state index in [0.29, 0.717) is 6.29 Å². The molecule has 0 aromatic carbocycles. The Morgan fingerprint density at radius 2 is 1.86 bits per heavy atom. The van der Waals surface area contributed by atoms with Crippen LogP contribution in [0.3, 0.4) is 0 Å². The molecule has 1 aliphatic rings. The largest absolute Gasteiger partial charge is 0.330 e. The van der Waals surface area contributed by atoms with E-state index in [-0.39, 0.29) is 29.9 Å². The number of hydrogen-bond donors (Lipinski definition) is 1. The Balaban J connectivity index is 0.00000211. The van der Waals surface area contributed by atoms with E-state index in [0.717, 1.165) is 0 Å². The minimum absolute atomic E-state index is 0.0715. The number of piperidine rings is 1. The van der Waals surface area contributed by atoms with Gasteiger partial charge in [-0.1, -0.05) is 39.2 Å². The predicted molar refractivity (Wildman–Crippen MR) is 83.8 cm³/mol. The van der Waals surface area contributed by atoms with Gasteiger partial charge in [-0.2, -0.15) is 0 Å². The molecule has 0 aromatic rings. The first-order chi connectivity index (χ1) is 10.5. The molecule has 6 heteroatoms. The highest BCUT2D eigenvalue weighted by atomic mass is 16.2. The number of nitrogens with one attached hydrogen (secondary N) is 1. The van der Waals surface area contributed by atoms with Gasteiger partial charge in [0.25, 0.3) is 5.91 Å². The number of nitrogens with zero attached hydrogens (tertiary/aromatic N) is 1. The van der Waals surface area contributed by atoms with Gasteiger partial charge >= 0.3 is 0 Å². The van der Waals surface area contributed by atoms with E-state index < -0.39 is 17.9 Å². The van der Waals surface area contributed by atoms with Crippen molar-refractivity contribution in [2.75, 3.05) is 7.05 Å². The lowest BCUT2D eigenvalue weighted by molar-refractivity contribution is -0.142. The molecule has 1 atom stereocenters. The van der Waals surface area contributed by atoms with Crippen LogP contribution in [0, 0.1) is 0 Å². The first kappa shape index (κ1) is 19.5. The molecular formula is C16H22N2O4. The summed E-state index contributed by atoms with van der Waals surface area (Å²) in [5, 5.41) is 2.18. The van der Waals surface area contributed by atoms with E-state index in [1.54, 1.807) is 0 Å². The van der Waals surface area contributed by atoms with Crippen molar-refractivity contribution in [1.82, 2.24) is 10.2 Å². The second kappa shape index (κ2) is 9.44. The number of aldehydes is 1. The van der Waals surface area contributed by atoms with Crippen LogP contribution in [0.15, 0.2) is 36.5 Å². The first-order valence-electron chi connectivity index (χ1n) is 7.01. The third-order valence-electron chi connectivity index (χ3n) is 3.09. The summed E-state index contributed by atoms with van der Waals surface area (Å²) in [5.41, 5.74) is 0.173. The Hall–Kier alpha value is -2.50. The zero-order chi connectivity index (χ0) is 17.3. The minimum Gasteiger partial charge on any atom is -0.330 e. The highest BCUT2D eigenvalue weighted by Gasteiger charge is 2.33. The summed E-state index contributed by atoms with van der Waals surface area (Å²) in [5.74, 6) is -1.39. The van der Waals surface area contributed by atoms with Crippen molar-refractivity contribution >= 4 is 24.0 Å². The highest BCUT2D eigenvalue weighted by Crippen LogP contribution is 2.16. The van der Waals surface area contributed by atoms with Gasteiger partial charge in [-0.15, -0.1) is 0 Å². The van der Waals surface area contributed by atoms with Gasteiger partial charge in [-0.05, 0) is 6.42 Å². The lowest BCUT2D eigenvalue weighted by Gasteiger charge is -2.30. The molecule has 0 saturated carbocycles. The van der Waals surface area contributed by atoms with Crippen LogP contribution in [0.1, 0.15) is 26.7 Å². The summed E-state index contributed by atoms with van der Waals surface area (Å²) >= 11 is 0. The number of carbonyl (C=O) groups is 4. The van der Waals surface area contributed by atoms with Crippen molar-refractivity contribution in [2.24, 2.45) is 0 Å². The summed E-state index contributed by atoms with van der Waals surface area (Å²) in [6, 6.07) is -0.743. The van der Waals surface area contributed by atoms with E-state index in [1.165, 1.54) is 24.1 Å². The summed E-state index contributed by atoms with van der Waals surface area (Å²) < 4.78 is 0. The average molecular weight is 306 g/mol. The van der Waals surface area contributed by atoms with Crippen LogP contribution in [0.5, 0.6) is 0 Å². The van der Waals surface area contributed by atoms with Crippen molar-refractivity contribution in [3.05, 3.63) is 36.5 Å². The molecule has 1 aliphatic heterocycles. The molecule has 1 unspecified atom stereocenters. The van der Waals surface area contributed by atoms with Gasteiger partial charge in [0, 0.05) is 24.6 Å². The number of carbonyl (C=O) groups excluding carboxylic acids is 4. The maximum atomic E-state index is 12.3. The molecule has 0 aliphatic carbocycles. The number of imide groups is 1. The van der Waals surface area contributed by atoms with Gasteiger partial charge in [-0.3, -0.25) is 24.5 Å². The molecule has 1 rings (SSSR count). The number of amides is 3. The molecule has 1 fully saturated rings. The number of allylic oxidation sites excluding steroid dienone is 2. The third kappa shape index (κ3) is 4.51. The molecule has 1 saturated heterocycles. The molecule has 1 heterocycles. The van der Waals surface area contributed by atoms with Crippen LogP contribution in [0.2, 0.25) is 0 Å². The maximum absolute atomic E-state index is 12.3. The third-order valence-corrected chi connectivity index (χ3v) is 3.09. The van der Waals surface area contributed by atoms with Crippen molar-refractivity contribution in [1.29, 1.82) is 0 Å². The van der Waals surface area contributed by atoms with E-state index >= 15 is 0 Å². The standard InChI is InChI=1S/C14H16N2O4.C2H6/c1-4-9(8-17)10(5-2)14(20)16(3)11-6-7-12(18)15-13(11)19;1-2/h4-5,8,11H,1-2,6-7H2,3H3,(H,15,18,19);1-2H3/b10-9-;. The molecular weight excluding hydrogens is 284 g/mol. The van der Waals surface area contributed by atoms with E-state index in [4.69, 9.17) is 0 Å². The summed E-state index contributed by atoms with van der Waals surface area (Å²) in [6.07, 6.45) is 3.42. The second-order valence-electron chi connectivity index (χ2n) is 4.28. The van der Waals surface area contributed by atoms with Crippen molar-refractivity contribution in [3.8, 4) is 0 Å². The molecule has 120 valence electrons. The Morgan fingerprint density at radius 3 is 2.27 bits per heavy atom. The predicted octanol–water partition coefficient (Wildman–Crippen LogP) is 1.14. The number of hydrogen-bond acceptors (Lipinski definition) is 4. The van der Waals surface area contributed by atoms with Crippen molar-refractivity contribution in [2.45, 2.75) is 32.7 Å². The van der Waals surface area contributed by atoms with Crippen LogP contribution in [-0.2, 0) is 19.2 Å². The normalized spacial score (nSPS) is 18.0. The molecule has 0 radical (unpaired) electrons. The fraction of sp³-hybridized carbons (Fsp3) is 0.375. The Labute approximate surface area is 130 Å². The van der Waals surface area contributed by atoms with Gasteiger partial charge in [0.15, 0.2) is 6.29 Å².